The molecule has 1 aliphatic heterocycles. The number of thiophene rings is 1. The van der Waals surface area contributed by atoms with Gasteiger partial charge in [-0.15, -0.1) is 11.3 Å². The first-order valence-electron chi connectivity index (χ1n) is 8.51. The van der Waals surface area contributed by atoms with Gasteiger partial charge in [-0.2, -0.15) is 0 Å². The lowest BCUT2D eigenvalue weighted by Gasteiger charge is -2.23. The van der Waals surface area contributed by atoms with E-state index in [2.05, 4.69) is 5.32 Å². The molecule has 27 heavy (non-hydrogen) atoms. The highest BCUT2D eigenvalue weighted by Gasteiger charge is 2.49. The Labute approximate surface area is 161 Å². The van der Waals surface area contributed by atoms with E-state index in [4.69, 9.17) is 9.47 Å². The van der Waals surface area contributed by atoms with Gasteiger partial charge in [0.15, 0.2) is 0 Å². The van der Waals surface area contributed by atoms with Gasteiger partial charge in [0.05, 0.1) is 33.0 Å². The standard InChI is InChI=1S/C19H22N2O5S/c1-19(13-5-7-15(25-2)8-6-13)17(23)21(18(24)20-19)10-14(22)11-26-12-16-4-3-9-27-16/h3-9,14,22H,10-12H2,1-2H3,(H,20,24)/t14-,19+/m1/s1. The van der Waals surface area contributed by atoms with Crippen molar-refractivity contribution in [3.05, 3.63) is 52.2 Å². The number of hydrogen-bond acceptors (Lipinski definition) is 6. The lowest BCUT2D eigenvalue weighted by atomic mass is 9.92. The molecule has 0 saturated carbocycles. The summed E-state index contributed by atoms with van der Waals surface area (Å²) in [4.78, 5) is 27.2. The minimum Gasteiger partial charge on any atom is -0.497 e. The van der Waals surface area contributed by atoms with Crippen molar-refractivity contribution in [3.8, 4) is 5.75 Å². The highest BCUT2D eigenvalue weighted by atomic mass is 32.1. The Hall–Kier alpha value is -2.42. The lowest BCUT2D eigenvalue weighted by molar-refractivity contribution is -0.132. The predicted octanol–water partition coefficient (Wildman–Crippen LogP) is 2.10. The van der Waals surface area contributed by atoms with Crippen LogP contribution in [0.4, 0.5) is 4.79 Å². The summed E-state index contributed by atoms with van der Waals surface area (Å²) in [5, 5.41) is 14.8. The maximum Gasteiger partial charge on any atom is 0.325 e. The largest absolute Gasteiger partial charge is 0.497 e. The monoisotopic (exact) mass is 390 g/mol. The molecule has 8 heteroatoms. The number of urea groups is 1. The summed E-state index contributed by atoms with van der Waals surface area (Å²) in [7, 11) is 1.56. The Morgan fingerprint density at radius 3 is 2.63 bits per heavy atom. The van der Waals surface area contributed by atoms with Crippen LogP contribution in [0.25, 0.3) is 0 Å². The SMILES string of the molecule is COc1ccc([C@]2(C)NC(=O)N(C[C@@H](O)COCc3cccs3)C2=O)cc1. The smallest absolute Gasteiger partial charge is 0.325 e. The zero-order valence-corrected chi connectivity index (χ0v) is 16.0. The molecule has 0 aliphatic carbocycles. The van der Waals surface area contributed by atoms with Crippen LogP contribution in [0.1, 0.15) is 17.4 Å². The number of imide groups is 1. The van der Waals surface area contributed by atoms with Crippen molar-refractivity contribution in [1.82, 2.24) is 10.2 Å². The Kier molecular flexibility index (Phi) is 5.79. The summed E-state index contributed by atoms with van der Waals surface area (Å²) < 4.78 is 10.6. The van der Waals surface area contributed by atoms with Gasteiger partial charge in [0, 0.05) is 4.88 Å². The van der Waals surface area contributed by atoms with Crippen LogP contribution < -0.4 is 10.1 Å². The van der Waals surface area contributed by atoms with Crippen molar-refractivity contribution in [2.24, 2.45) is 0 Å². The summed E-state index contributed by atoms with van der Waals surface area (Å²) in [5.74, 6) is 0.254. The molecule has 1 aromatic heterocycles. The highest BCUT2D eigenvalue weighted by molar-refractivity contribution is 7.09. The third-order valence-corrected chi connectivity index (χ3v) is 5.32. The molecule has 0 spiro atoms. The van der Waals surface area contributed by atoms with Gasteiger partial charge in [-0.3, -0.25) is 9.69 Å². The number of aliphatic hydroxyl groups excluding tert-OH is 1. The molecule has 2 N–H and O–H groups in total. The molecular weight excluding hydrogens is 368 g/mol. The maximum atomic E-state index is 12.8. The number of β-amino-alcohol motifs (C(OH)–C–C–N with tert-alkyl or cyclic N) is 1. The van der Waals surface area contributed by atoms with Crippen molar-refractivity contribution >= 4 is 23.3 Å². The second-order valence-corrected chi connectivity index (χ2v) is 7.48. The third-order valence-electron chi connectivity index (χ3n) is 4.47. The second kappa shape index (κ2) is 8.08. The lowest BCUT2D eigenvalue weighted by Crippen LogP contribution is -2.42. The van der Waals surface area contributed by atoms with Crippen LogP contribution in [-0.4, -0.2) is 48.3 Å². The van der Waals surface area contributed by atoms with E-state index in [-0.39, 0.29) is 13.2 Å². The quantitative estimate of drug-likeness (QED) is 0.674. The number of nitrogens with one attached hydrogen (secondary N) is 1. The highest BCUT2D eigenvalue weighted by Crippen LogP contribution is 2.30. The number of carbonyl (C=O) groups is 2. The predicted molar refractivity (Wildman–Crippen MR) is 101 cm³/mol. The average molecular weight is 390 g/mol. The van der Waals surface area contributed by atoms with Crippen LogP contribution in [0.5, 0.6) is 5.75 Å². The fraction of sp³-hybridized carbons (Fsp3) is 0.368. The molecular formula is C19H22N2O5S. The van der Waals surface area contributed by atoms with Crippen LogP contribution in [0.2, 0.25) is 0 Å². The van der Waals surface area contributed by atoms with E-state index in [1.54, 1.807) is 49.6 Å². The van der Waals surface area contributed by atoms with Gasteiger partial charge in [-0.25, -0.2) is 4.79 Å². The Bertz CT molecular complexity index is 793. The van der Waals surface area contributed by atoms with Crippen LogP contribution in [0, 0.1) is 0 Å². The molecule has 3 rings (SSSR count). The van der Waals surface area contributed by atoms with E-state index in [0.29, 0.717) is 17.9 Å². The molecule has 1 aliphatic rings. The van der Waals surface area contributed by atoms with E-state index >= 15 is 0 Å². The molecule has 3 amide bonds. The van der Waals surface area contributed by atoms with Gasteiger partial charge in [0.2, 0.25) is 0 Å². The molecule has 0 bridgehead atoms. The van der Waals surface area contributed by atoms with Gasteiger partial charge in [0.25, 0.3) is 5.91 Å². The topological polar surface area (TPSA) is 88.1 Å². The van der Waals surface area contributed by atoms with Gasteiger partial charge >= 0.3 is 6.03 Å². The Balaban J connectivity index is 1.60. The van der Waals surface area contributed by atoms with Crippen molar-refractivity contribution in [2.75, 3.05) is 20.3 Å². The van der Waals surface area contributed by atoms with E-state index < -0.39 is 23.6 Å². The van der Waals surface area contributed by atoms with Crippen LogP contribution in [-0.2, 0) is 21.7 Å². The molecule has 1 aromatic carbocycles. The van der Waals surface area contributed by atoms with Crippen molar-refractivity contribution in [1.29, 1.82) is 0 Å². The number of aliphatic hydroxyl groups is 1. The van der Waals surface area contributed by atoms with E-state index in [1.165, 1.54) is 0 Å². The molecule has 0 radical (unpaired) electrons. The summed E-state index contributed by atoms with van der Waals surface area (Å²) in [6.07, 6.45) is -0.960. The first-order chi connectivity index (χ1) is 12.9. The van der Waals surface area contributed by atoms with Crippen molar-refractivity contribution < 1.29 is 24.2 Å². The summed E-state index contributed by atoms with van der Waals surface area (Å²) >= 11 is 1.56. The number of nitrogens with zero attached hydrogens (tertiary/aromatic N) is 1. The molecule has 2 atom stereocenters. The molecule has 1 fully saturated rings. The zero-order valence-electron chi connectivity index (χ0n) is 15.2. The fourth-order valence-corrected chi connectivity index (χ4v) is 3.58. The number of amides is 3. The molecule has 2 heterocycles. The summed E-state index contributed by atoms with van der Waals surface area (Å²) in [6, 6.07) is 10.3. The summed E-state index contributed by atoms with van der Waals surface area (Å²) in [5.41, 5.74) is -0.534. The first kappa shape index (κ1) is 19.3. The van der Waals surface area contributed by atoms with Crippen molar-refractivity contribution in [2.45, 2.75) is 25.2 Å². The maximum absolute atomic E-state index is 12.8. The molecule has 144 valence electrons. The number of methoxy groups -OCH3 is 1. The second-order valence-electron chi connectivity index (χ2n) is 6.45. The van der Waals surface area contributed by atoms with Crippen molar-refractivity contribution in [3.63, 3.8) is 0 Å². The van der Waals surface area contributed by atoms with Crippen LogP contribution >= 0.6 is 11.3 Å². The number of carbonyl (C=O) groups excluding carboxylic acids is 2. The number of hydrogen-bond donors (Lipinski definition) is 2. The van der Waals surface area contributed by atoms with E-state index in [1.807, 2.05) is 17.5 Å². The fourth-order valence-electron chi connectivity index (χ4n) is 2.94. The van der Waals surface area contributed by atoms with Gasteiger partial charge in [-0.1, -0.05) is 18.2 Å². The summed E-state index contributed by atoms with van der Waals surface area (Å²) in [6.45, 7) is 1.95. The molecule has 7 nitrogen and oxygen atoms in total. The number of benzene rings is 1. The third kappa shape index (κ3) is 4.13. The van der Waals surface area contributed by atoms with Crippen LogP contribution in [0.3, 0.4) is 0 Å². The number of ether oxygens (including phenoxy) is 2. The van der Waals surface area contributed by atoms with E-state index in [9.17, 15) is 14.7 Å². The first-order valence-corrected chi connectivity index (χ1v) is 9.39. The molecule has 2 aromatic rings. The molecule has 0 unspecified atom stereocenters. The van der Waals surface area contributed by atoms with Gasteiger partial charge in [-0.05, 0) is 36.1 Å². The number of rotatable bonds is 8. The average Bonchev–Trinajstić information content (AvgIpc) is 3.25. The van der Waals surface area contributed by atoms with Crippen LogP contribution in [0.15, 0.2) is 41.8 Å². The zero-order chi connectivity index (χ0) is 19.4. The van der Waals surface area contributed by atoms with E-state index in [0.717, 1.165) is 9.78 Å². The minimum absolute atomic E-state index is 0.0359. The Morgan fingerprint density at radius 2 is 2.00 bits per heavy atom. The van der Waals surface area contributed by atoms with Gasteiger partial charge < -0.3 is 19.9 Å². The van der Waals surface area contributed by atoms with Gasteiger partial charge in [0.1, 0.15) is 11.3 Å². The Morgan fingerprint density at radius 1 is 1.26 bits per heavy atom. The minimum atomic E-state index is -1.18. The normalized spacial score (nSPS) is 20.6. The molecule has 1 saturated heterocycles.